The van der Waals surface area contributed by atoms with Crippen molar-refractivity contribution >= 4 is 28.9 Å². The first-order valence-electron chi connectivity index (χ1n) is 6.70. The second kappa shape index (κ2) is 6.39. The highest BCUT2D eigenvalue weighted by Crippen LogP contribution is 2.25. The Morgan fingerprint density at radius 1 is 1.22 bits per heavy atom. The second-order valence-electron chi connectivity index (χ2n) is 4.89. The number of benzene rings is 2. The number of aryl methyl sites for hydroxylation is 1. The molecular weight excluding hydrogens is 316 g/mol. The van der Waals surface area contributed by atoms with Crippen LogP contribution in [0, 0.1) is 6.92 Å². The van der Waals surface area contributed by atoms with Crippen LogP contribution in [0.3, 0.4) is 0 Å². The molecule has 0 spiro atoms. The van der Waals surface area contributed by atoms with Gasteiger partial charge in [0.05, 0.1) is 23.2 Å². The maximum absolute atomic E-state index is 11.6. The average molecular weight is 330 g/mol. The van der Waals surface area contributed by atoms with Crippen molar-refractivity contribution in [2.75, 3.05) is 0 Å². The van der Waals surface area contributed by atoms with Crippen LogP contribution in [0.4, 0.5) is 0 Å². The van der Waals surface area contributed by atoms with Gasteiger partial charge in [-0.1, -0.05) is 12.1 Å². The van der Waals surface area contributed by atoms with Gasteiger partial charge in [0, 0.05) is 10.3 Å². The first-order valence-corrected chi connectivity index (χ1v) is 7.44. The molecule has 7 nitrogen and oxygen atoms in total. The summed E-state index contributed by atoms with van der Waals surface area (Å²) in [5, 5.41) is 5.07. The summed E-state index contributed by atoms with van der Waals surface area (Å²) in [6, 6.07) is 13.1. The van der Waals surface area contributed by atoms with E-state index in [0.717, 1.165) is 39.1 Å². The summed E-state index contributed by atoms with van der Waals surface area (Å²) in [6.07, 6.45) is 0. The lowest BCUT2D eigenvalue weighted by Crippen LogP contribution is -2.12. The molecule has 0 aliphatic rings. The highest BCUT2D eigenvalue weighted by molar-refractivity contribution is 7.94. The molecular formula is C15H14N4O3S. The minimum atomic E-state index is -0.557. The van der Waals surface area contributed by atoms with Crippen LogP contribution in [0.25, 0.3) is 16.6 Å². The van der Waals surface area contributed by atoms with Crippen LogP contribution in [-0.4, -0.2) is 15.7 Å². The molecule has 1 aromatic heterocycles. The van der Waals surface area contributed by atoms with E-state index >= 15 is 0 Å². The first kappa shape index (κ1) is 15.5. The predicted molar refractivity (Wildman–Crippen MR) is 86.5 cm³/mol. The third-order valence-corrected chi connectivity index (χ3v) is 3.93. The minimum Gasteiger partial charge on any atom is -0.364 e. The summed E-state index contributed by atoms with van der Waals surface area (Å²) in [4.78, 5) is 16.5. The van der Waals surface area contributed by atoms with Crippen molar-refractivity contribution in [1.82, 2.24) is 9.78 Å². The van der Waals surface area contributed by atoms with Crippen molar-refractivity contribution in [2.45, 2.75) is 11.8 Å². The van der Waals surface area contributed by atoms with Crippen molar-refractivity contribution in [3.63, 3.8) is 0 Å². The number of carbonyl (C=O) groups is 1. The summed E-state index contributed by atoms with van der Waals surface area (Å²) in [7, 11) is 0. The van der Waals surface area contributed by atoms with Gasteiger partial charge in [0.1, 0.15) is 0 Å². The van der Waals surface area contributed by atoms with Gasteiger partial charge < -0.3 is 5.73 Å². The largest absolute Gasteiger partial charge is 0.364 e. The molecule has 4 N–H and O–H groups in total. The van der Waals surface area contributed by atoms with Gasteiger partial charge in [-0.2, -0.15) is 11.0 Å². The molecule has 0 saturated heterocycles. The fourth-order valence-electron chi connectivity index (χ4n) is 2.31. The standard InChI is InChI=1S/C15H14N4O3S/c1-9-2-7-12-13(8-9)19(18-14(12)15(16)20)10-3-5-11(6-4-10)23-22-21-17/h2-8H,17H2,1H3,(H2,16,20). The van der Waals surface area contributed by atoms with Crippen LogP contribution in [0.1, 0.15) is 16.1 Å². The maximum Gasteiger partial charge on any atom is 0.269 e. The number of nitrogens with two attached hydrogens (primary N) is 2. The topological polar surface area (TPSA) is 105 Å². The molecule has 0 atom stereocenters. The summed E-state index contributed by atoms with van der Waals surface area (Å²) in [5.74, 6) is 4.25. The van der Waals surface area contributed by atoms with E-state index in [1.165, 1.54) is 0 Å². The van der Waals surface area contributed by atoms with Crippen molar-refractivity contribution < 1.29 is 14.1 Å². The number of carbonyl (C=O) groups excluding carboxylic acids is 1. The normalized spacial score (nSPS) is 11.0. The lowest BCUT2D eigenvalue weighted by Gasteiger charge is -2.05. The molecule has 118 valence electrons. The Morgan fingerprint density at radius 3 is 2.61 bits per heavy atom. The Labute approximate surface area is 136 Å². The molecule has 0 aliphatic carbocycles. The number of rotatable bonds is 5. The predicted octanol–water partition coefficient (Wildman–Crippen LogP) is 2.26. The zero-order chi connectivity index (χ0) is 16.4. The lowest BCUT2D eigenvalue weighted by atomic mass is 10.1. The van der Waals surface area contributed by atoms with Gasteiger partial charge in [0.15, 0.2) is 5.69 Å². The van der Waals surface area contributed by atoms with Crippen LogP contribution in [0.15, 0.2) is 47.4 Å². The highest BCUT2D eigenvalue weighted by Gasteiger charge is 2.15. The molecule has 1 heterocycles. The van der Waals surface area contributed by atoms with Crippen LogP contribution in [0.5, 0.6) is 0 Å². The Balaban J connectivity index is 2.08. The van der Waals surface area contributed by atoms with Gasteiger partial charge in [-0.25, -0.2) is 4.68 Å². The molecule has 0 radical (unpaired) electrons. The Kier molecular flexibility index (Phi) is 4.30. The van der Waals surface area contributed by atoms with E-state index < -0.39 is 5.91 Å². The van der Waals surface area contributed by atoms with Crippen molar-refractivity contribution in [1.29, 1.82) is 0 Å². The zero-order valence-electron chi connectivity index (χ0n) is 12.2. The van der Waals surface area contributed by atoms with E-state index in [1.54, 1.807) is 4.68 Å². The summed E-state index contributed by atoms with van der Waals surface area (Å²) in [5.41, 5.74) is 8.36. The quantitative estimate of drug-likeness (QED) is 0.422. The van der Waals surface area contributed by atoms with Gasteiger partial charge >= 0.3 is 0 Å². The molecule has 0 saturated carbocycles. The summed E-state index contributed by atoms with van der Waals surface area (Å²) >= 11 is 0.989. The van der Waals surface area contributed by atoms with Gasteiger partial charge in [-0.3, -0.25) is 4.79 Å². The first-order chi connectivity index (χ1) is 11.1. The van der Waals surface area contributed by atoms with Gasteiger partial charge in [0.25, 0.3) is 5.91 Å². The summed E-state index contributed by atoms with van der Waals surface area (Å²) < 4.78 is 6.29. The van der Waals surface area contributed by atoms with Crippen molar-refractivity contribution in [2.24, 2.45) is 11.6 Å². The number of primary amides is 1. The molecule has 23 heavy (non-hydrogen) atoms. The van der Waals surface area contributed by atoms with E-state index in [-0.39, 0.29) is 5.69 Å². The molecule has 2 aromatic carbocycles. The van der Waals surface area contributed by atoms with E-state index in [9.17, 15) is 4.79 Å². The Bertz CT molecular complexity index is 861. The third-order valence-electron chi connectivity index (χ3n) is 3.32. The Hall–Kier alpha value is -2.39. The average Bonchev–Trinajstić information content (AvgIpc) is 2.92. The number of amides is 1. The fourth-order valence-corrected chi connectivity index (χ4v) is 2.67. The van der Waals surface area contributed by atoms with Crippen LogP contribution in [0.2, 0.25) is 0 Å². The number of aromatic nitrogens is 2. The van der Waals surface area contributed by atoms with E-state index in [2.05, 4.69) is 14.4 Å². The van der Waals surface area contributed by atoms with E-state index in [1.807, 2.05) is 49.4 Å². The van der Waals surface area contributed by atoms with Crippen molar-refractivity contribution in [3.8, 4) is 5.69 Å². The SMILES string of the molecule is Cc1ccc2c(C(N)=O)nn(-c3ccc(SOON)cc3)c2c1. The lowest BCUT2D eigenvalue weighted by molar-refractivity contribution is -0.195. The summed E-state index contributed by atoms with van der Waals surface area (Å²) in [6.45, 7) is 1.98. The van der Waals surface area contributed by atoms with Crippen LogP contribution >= 0.6 is 12.0 Å². The van der Waals surface area contributed by atoms with Gasteiger partial charge in [-0.05, 0) is 42.8 Å². The molecule has 0 unspecified atom stereocenters. The second-order valence-corrected chi connectivity index (χ2v) is 5.66. The molecule has 0 fully saturated rings. The number of hydrogen-bond donors (Lipinski definition) is 2. The molecule has 8 heteroatoms. The molecule has 3 rings (SSSR count). The van der Waals surface area contributed by atoms with Gasteiger partial charge in [0.2, 0.25) is 0 Å². The molecule has 3 aromatic rings. The molecule has 0 aliphatic heterocycles. The highest BCUT2D eigenvalue weighted by atomic mass is 32.2. The molecule has 0 bridgehead atoms. The third kappa shape index (κ3) is 3.06. The Morgan fingerprint density at radius 2 is 1.96 bits per heavy atom. The van der Waals surface area contributed by atoms with E-state index in [4.69, 9.17) is 11.6 Å². The number of fused-ring (bicyclic) bond motifs is 1. The smallest absolute Gasteiger partial charge is 0.269 e. The van der Waals surface area contributed by atoms with E-state index in [0.29, 0.717) is 0 Å². The van der Waals surface area contributed by atoms with Crippen LogP contribution < -0.4 is 11.6 Å². The number of nitrogens with zero attached hydrogens (tertiary/aromatic N) is 2. The monoisotopic (exact) mass is 330 g/mol. The zero-order valence-corrected chi connectivity index (χ0v) is 13.0. The van der Waals surface area contributed by atoms with Crippen molar-refractivity contribution in [3.05, 3.63) is 53.7 Å². The minimum absolute atomic E-state index is 0.248. The fraction of sp³-hybridized carbons (Fsp3) is 0.0667. The van der Waals surface area contributed by atoms with Gasteiger partial charge in [-0.15, -0.1) is 9.32 Å². The maximum atomic E-state index is 11.6. The van der Waals surface area contributed by atoms with Crippen LogP contribution in [-0.2, 0) is 9.32 Å². The molecule has 1 amide bonds. The number of hydrogen-bond acceptors (Lipinski definition) is 6.